The molecule has 5 nitrogen and oxygen atoms in total. The van der Waals surface area contributed by atoms with Crippen LogP contribution in [-0.4, -0.2) is 42.9 Å². The van der Waals surface area contributed by atoms with E-state index >= 15 is 0 Å². The number of nitrogens with zero attached hydrogens (tertiary/aromatic N) is 2. The van der Waals surface area contributed by atoms with Crippen LogP contribution in [0, 0.1) is 17.5 Å². The second kappa shape index (κ2) is 10.4. The van der Waals surface area contributed by atoms with E-state index in [1.807, 2.05) is 35.2 Å². The van der Waals surface area contributed by atoms with Gasteiger partial charge in [0.1, 0.15) is 0 Å². The lowest BCUT2D eigenvalue weighted by molar-refractivity contribution is -0.121. The van der Waals surface area contributed by atoms with Crippen LogP contribution in [0.3, 0.4) is 0 Å². The van der Waals surface area contributed by atoms with Crippen molar-refractivity contribution in [2.24, 2.45) is 0 Å². The van der Waals surface area contributed by atoms with Crippen molar-refractivity contribution in [3.63, 3.8) is 0 Å². The van der Waals surface area contributed by atoms with Crippen LogP contribution in [-0.2, 0) is 9.59 Å². The third-order valence-electron chi connectivity index (χ3n) is 5.37. The number of amides is 2. The summed E-state index contributed by atoms with van der Waals surface area (Å²) >= 11 is 0. The first-order valence-electron chi connectivity index (χ1n) is 10.4. The molecular weight excluding hydrogens is 407 g/mol. The maximum atomic E-state index is 13.8. The van der Waals surface area contributed by atoms with Gasteiger partial charge in [0.2, 0.25) is 11.8 Å². The maximum absolute atomic E-state index is 13.8. The summed E-state index contributed by atoms with van der Waals surface area (Å²) in [4.78, 5) is 28.7. The van der Waals surface area contributed by atoms with Gasteiger partial charge in [0.15, 0.2) is 17.5 Å². The molecule has 2 aromatic carbocycles. The molecule has 1 saturated carbocycles. The van der Waals surface area contributed by atoms with E-state index in [-0.39, 0.29) is 25.0 Å². The number of para-hydroxylation sites is 1. The maximum Gasteiger partial charge on any atom is 0.241 e. The molecule has 0 aromatic heterocycles. The molecule has 1 N–H and O–H groups in total. The molecule has 0 aliphatic heterocycles. The van der Waals surface area contributed by atoms with E-state index in [9.17, 15) is 22.8 Å². The Bertz CT molecular complexity index is 918. The molecule has 8 heteroatoms. The molecule has 2 aromatic rings. The number of hydrogen-bond donors (Lipinski definition) is 1. The highest BCUT2D eigenvalue weighted by molar-refractivity contribution is 5.96. The summed E-state index contributed by atoms with van der Waals surface area (Å²) in [6, 6.07) is 11.2. The standard InChI is InChI=1S/C23H26F3N3O2/c1-28(14-20(30)27-19-13-12-18(24)22(25)23(19)26)15-21(31)29(16-8-4-2-5-9-16)17-10-6-3-7-11-17/h2,4-5,8-9,12-13,17H,3,6-7,10-11,14-15H2,1H3,(H,27,30). The number of hydrogen-bond acceptors (Lipinski definition) is 3. The molecule has 3 rings (SSSR count). The van der Waals surface area contributed by atoms with Crippen LogP contribution < -0.4 is 10.2 Å². The SMILES string of the molecule is CN(CC(=O)Nc1ccc(F)c(F)c1F)CC(=O)N(c1ccccc1)C1CCCCC1. The summed E-state index contributed by atoms with van der Waals surface area (Å²) in [6.07, 6.45) is 5.16. The lowest BCUT2D eigenvalue weighted by atomic mass is 9.93. The zero-order valence-corrected chi connectivity index (χ0v) is 17.4. The normalized spacial score (nSPS) is 14.5. The highest BCUT2D eigenvalue weighted by Gasteiger charge is 2.27. The average molecular weight is 433 g/mol. The van der Waals surface area contributed by atoms with E-state index in [1.54, 1.807) is 7.05 Å². The van der Waals surface area contributed by atoms with Crippen molar-refractivity contribution in [3.8, 4) is 0 Å². The van der Waals surface area contributed by atoms with Gasteiger partial charge in [-0.2, -0.15) is 0 Å². The molecule has 1 aliphatic rings. The fourth-order valence-electron chi connectivity index (χ4n) is 3.91. The summed E-state index contributed by atoms with van der Waals surface area (Å²) in [7, 11) is 1.60. The Kier molecular flexibility index (Phi) is 7.68. The Morgan fingerprint density at radius 2 is 1.61 bits per heavy atom. The minimum absolute atomic E-state index is 0.0148. The van der Waals surface area contributed by atoms with Crippen molar-refractivity contribution < 1.29 is 22.8 Å². The minimum atomic E-state index is -1.65. The van der Waals surface area contributed by atoms with Gasteiger partial charge in [-0.15, -0.1) is 0 Å². The molecule has 0 spiro atoms. The Labute approximate surface area is 179 Å². The van der Waals surface area contributed by atoms with Crippen molar-refractivity contribution in [1.29, 1.82) is 0 Å². The topological polar surface area (TPSA) is 52.7 Å². The van der Waals surface area contributed by atoms with Crippen molar-refractivity contribution >= 4 is 23.2 Å². The van der Waals surface area contributed by atoms with Crippen LogP contribution in [0.25, 0.3) is 0 Å². The second-order valence-electron chi connectivity index (χ2n) is 7.83. The fourth-order valence-corrected chi connectivity index (χ4v) is 3.91. The first-order valence-corrected chi connectivity index (χ1v) is 10.4. The van der Waals surface area contributed by atoms with Gasteiger partial charge in [-0.05, 0) is 44.2 Å². The lowest BCUT2D eigenvalue weighted by Crippen LogP contribution is -2.47. The smallest absolute Gasteiger partial charge is 0.241 e. The average Bonchev–Trinajstić information content (AvgIpc) is 2.75. The number of anilines is 2. The molecule has 0 unspecified atom stereocenters. The van der Waals surface area contributed by atoms with Crippen LogP contribution in [0.2, 0.25) is 0 Å². The van der Waals surface area contributed by atoms with Crippen molar-refractivity contribution in [1.82, 2.24) is 4.90 Å². The number of nitrogens with one attached hydrogen (secondary N) is 1. The van der Waals surface area contributed by atoms with Gasteiger partial charge in [-0.1, -0.05) is 37.5 Å². The molecular formula is C23H26F3N3O2. The quantitative estimate of drug-likeness (QED) is 0.661. The van der Waals surface area contributed by atoms with E-state index in [4.69, 9.17) is 0 Å². The van der Waals surface area contributed by atoms with Gasteiger partial charge in [0.05, 0.1) is 18.8 Å². The molecule has 166 valence electrons. The number of halogens is 3. The number of rotatable bonds is 7. The monoisotopic (exact) mass is 433 g/mol. The van der Waals surface area contributed by atoms with E-state index in [2.05, 4.69) is 5.32 Å². The second-order valence-corrected chi connectivity index (χ2v) is 7.83. The number of carbonyl (C=O) groups excluding carboxylic acids is 2. The zero-order chi connectivity index (χ0) is 22.4. The van der Waals surface area contributed by atoms with Gasteiger partial charge < -0.3 is 10.2 Å². The largest absolute Gasteiger partial charge is 0.322 e. The Morgan fingerprint density at radius 1 is 0.935 bits per heavy atom. The number of likely N-dealkylation sites (N-methyl/N-ethyl adjacent to an activating group) is 1. The fraction of sp³-hybridized carbons (Fsp3) is 0.391. The summed E-state index contributed by atoms with van der Waals surface area (Å²) in [5, 5.41) is 2.22. The molecule has 2 amide bonds. The lowest BCUT2D eigenvalue weighted by Gasteiger charge is -2.35. The van der Waals surface area contributed by atoms with Crippen molar-refractivity contribution in [2.45, 2.75) is 38.1 Å². The van der Waals surface area contributed by atoms with Crippen molar-refractivity contribution in [3.05, 3.63) is 59.9 Å². The van der Waals surface area contributed by atoms with E-state index < -0.39 is 29.0 Å². The Hall–Kier alpha value is -2.87. The molecule has 0 radical (unpaired) electrons. The molecule has 0 atom stereocenters. The Morgan fingerprint density at radius 3 is 2.29 bits per heavy atom. The highest BCUT2D eigenvalue weighted by Crippen LogP contribution is 2.27. The molecule has 0 bridgehead atoms. The molecule has 0 saturated heterocycles. The van der Waals surface area contributed by atoms with Gasteiger partial charge in [0, 0.05) is 11.7 Å². The summed E-state index contributed by atoms with van der Waals surface area (Å²) in [5.41, 5.74) is 0.373. The third-order valence-corrected chi connectivity index (χ3v) is 5.37. The van der Waals surface area contributed by atoms with Crippen LogP contribution in [0.1, 0.15) is 32.1 Å². The van der Waals surface area contributed by atoms with Crippen LogP contribution in [0.4, 0.5) is 24.5 Å². The third kappa shape index (κ3) is 5.85. The van der Waals surface area contributed by atoms with Gasteiger partial charge in [0.25, 0.3) is 0 Å². The first-order chi connectivity index (χ1) is 14.9. The predicted molar refractivity (Wildman–Crippen MR) is 113 cm³/mol. The van der Waals surface area contributed by atoms with Crippen LogP contribution in [0.5, 0.6) is 0 Å². The van der Waals surface area contributed by atoms with E-state index in [0.29, 0.717) is 0 Å². The first kappa shape index (κ1) is 22.8. The molecule has 0 heterocycles. The summed E-state index contributed by atoms with van der Waals surface area (Å²) < 4.78 is 40.1. The van der Waals surface area contributed by atoms with Gasteiger partial charge >= 0.3 is 0 Å². The summed E-state index contributed by atoms with van der Waals surface area (Å²) in [5.74, 6) is -5.20. The molecule has 1 aliphatic carbocycles. The molecule has 1 fully saturated rings. The number of carbonyl (C=O) groups is 2. The summed E-state index contributed by atoms with van der Waals surface area (Å²) in [6.45, 7) is -0.226. The number of benzene rings is 2. The van der Waals surface area contributed by atoms with E-state index in [1.165, 1.54) is 4.90 Å². The van der Waals surface area contributed by atoms with Crippen LogP contribution in [0.15, 0.2) is 42.5 Å². The van der Waals surface area contributed by atoms with Gasteiger partial charge in [-0.3, -0.25) is 14.5 Å². The minimum Gasteiger partial charge on any atom is -0.322 e. The van der Waals surface area contributed by atoms with Gasteiger partial charge in [-0.25, -0.2) is 13.2 Å². The van der Waals surface area contributed by atoms with Crippen molar-refractivity contribution in [2.75, 3.05) is 30.4 Å². The predicted octanol–water partition coefficient (Wildman–Crippen LogP) is 4.34. The molecule has 31 heavy (non-hydrogen) atoms. The Balaban J connectivity index is 1.63. The van der Waals surface area contributed by atoms with Crippen LogP contribution >= 0.6 is 0 Å². The zero-order valence-electron chi connectivity index (χ0n) is 17.4. The highest BCUT2D eigenvalue weighted by atomic mass is 19.2. The van der Waals surface area contributed by atoms with E-state index in [0.717, 1.165) is 49.9 Å².